The highest BCUT2D eigenvalue weighted by Crippen LogP contribution is 2.61. The van der Waals surface area contributed by atoms with E-state index >= 15 is 0 Å². The summed E-state index contributed by atoms with van der Waals surface area (Å²) in [4.78, 5) is 44.5. The third kappa shape index (κ3) is 4.71. The van der Waals surface area contributed by atoms with Gasteiger partial charge in [-0.3, -0.25) is 14.4 Å². The molecule has 3 fully saturated rings. The van der Waals surface area contributed by atoms with Gasteiger partial charge < -0.3 is 24.4 Å². The first-order chi connectivity index (χ1) is 16.3. The molecule has 0 aromatic carbocycles. The number of ether oxygens (including phenoxy) is 2. The Kier molecular flexibility index (Phi) is 8.24. The molecule has 7 atom stereocenters. The van der Waals surface area contributed by atoms with Gasteiger partial charge in [-0.15, -0.1) is 6.58 Å². The normalized spacial score (nSPS) is 32.5. The van der Waals surface area contributed by atoms with Gasteiger partial charge in [0, 0.05) is 16.9 Å². The molecular formula is C26H39BrN2O6. The molecule has 0 aliphatic carbocycles. The largest absolute Gasteiger partial charge is 0.461 e. The van der Waals surface area contributed by atoms with Gasteiger partial charge in [0.05, 0.1) is 30.6 Å². The highest BCUT2D eigenvalue weighted by atomic mass is 79.9. The number of carbonyl (C=O) groups is 3. The van der Waals surface area contributed by atoms with Crippen LogP contribution in [0, 0.1) is 17.8 Å². The summed E-state index contributed by atoms with van der Waals surface area (Å²) in [5.41, 5.74) is -1.74. The lowest BCUT2D eigenvalue weighted by Gasteiger charge is -2.43. The highest BCUT2D eigenvalue weighted by molar-refractivity contribution is 9.09. The highest BCUT2D eigenvalue weighted by Gasteiger charge is 2.77. The van der Waals surface area contributed by atoms with Gasteiger partial charge in [0.2, 0.25) is 11.8 Å². The van der Waals surface area contributed by atoms with E-state index in [4.69, 9.17) is 9.47 Å². The predicted molar refractivity (Wildman–Crippen MR) is 136 cm³/mol. The summed E-state index contributed by atoms with van der Waals surface area (Å²) in [6.07, 6.45) is 3.46. The first kappa shape index (κ1) is 27.9. The van der Waals surface area contributed by atoms with Crippen LogP contribution in [0.2, 0.25) is 0 Å². The van der Waals surface area contributed by atoms with Crippen molar-refractivity contribution < 1.29 is 29.0 Å². The van der Waals surface area contributed by atoms with Crippen molar-refractivity contribution in [2.75, 3.05) is 19.8 Å². The minimum Gasteiger partial charge on any atom is -0.461 e. The summed E-state index contributed by atoms with van der Waals surface area (Å²) >= 11 is 3.65. The number of alkyl halides is 1. The number of hydrogen-bond donors (Lipinski definition) is 1. The van der Waals surface area contributed by atoms with E-state index in [9.17, 15) is 19.5 Å². The van der Waals surface area contributed by atoms with Crippen LogP contribution in [0.15, 0.2) is 25.3 Å². The van der Waals surface area contributed by atoms with Crippen molar-refractivity contribution >= 4 is 33.7 Å². The Bertz CT molecular complexity index is 870. The quantitative estimate of drug-likeness (QED) is 0.253. The summed E-state index contributed by atoms with van der Waals surface area (Å²) in [6, 6.07) is -1.56. The van der Waals surface area contributed by atoms with Gasteiger partial charge in [-0.1, -0.05) is 48.5 Å². The van der Waals surface area contributed by atoms with Gasteiger partial charge in [-0.2, -0.15) is 0 Å². The van der Waals surface area contributed by atoms with Crippen molar-refractivity contribution in [3.63, 3.8) is 0 Å². The van der Waals surface area contributed by atoms with Crippen LogP contribution < -0.4 is 0 Å². The molecule has 8 nitrogen and oxygen atoms in total. The van der Waals surface area contributed by atoms with Crippen molar-refractivity contribution in [1.82, 2.24) is 9.80 Å². The Hall–Kier alpha value is -1.71. The number of aliphatic hydroxyl groups is 1. The lowest BCUT2D eigenvalue weighted by Crippen LogP contribution is -2.62. The summed E-state index contributed by atoms with van der Waals surface area (Å²) in [7, 11) is 0. The summed E-state index contributed by atoms with van der Waals surface area (Å²) < 4.78 is 11.9. The summed E-state index contributed by atoms with van der Waals surface area (Å²) in [5, 5.41) is 10.3. The van der Waals surface area contributed by atoms with Crippen molar-refractivity contribution in [1.29, 1.82) is 0 Å². The number of esters is 1. The van der Waals surface area contributed by atoms with Crippen molar-refractivity contribution in [2.24, 2.45) is 17.8 Å². The first-order valence-electron chi connectivity index (χ1n) is 12.3. The van der Waals surface area contributed by atoms with Gasteiger partial charge in [0.15, 0.2) is 0 Å². The first-order valence-corrected chi connectivity index (χ1v) is 13.2. The Balaban J connectivity index is 2.15. The van der Waals surface area contributed by atoms with E-state index in [-0.39, 0.29) is 35.8 Å². The molecule has 196 valence electrons. The van der Waals surface area contributed by atoms with E-state index in [2.05, 4.69) is 29.1 Å². The molecule has 2 amide bonds. The molecule has 0 aromatic rings. The number of hydrogen-bond acceptors (Lipinski definition) is 6. The maximum Gasteiger partial charge on any atom is 0.312 e. The predicted octanol–water partition coefficient (Wildman–Crippen LogP) is 2.68. The van der Waals surface area contributed by atoms with E-state index in [1.54, 1.807) is 11.0 Å². The summed E-state index contributed by atoms with van der Waals surface area (Å²) in [5.74, 6) is -2.67. The minimum absolute atomic E-state index is 0.0265. The van der Waals surface area contributed by atoms with Gasteiger partial charge in [0.25, 0.3) is 0 Å². The van der Waals surface area contributed by atoms with E-state index in [1.165, 1.54) is 11.0 Å². The van der Waals surface area contributed by atoms with E-state index in [0.29, 0.717) is 19.4 Å². The van der Waals surface area contributed by atoms with E-state index < -0.39 is 47.1 Å². The molecule has 2 bridgehead atoms. The van der Waals surface area contributed by atoms with Crippen LogP contribution in [-0.2, 0) is 23.9 Å². The van der Waals surface area contributed by atoms with Gasteiger partial charge >= 0.3 is 5.97 Å². The zero-order valence-corrected chi connectivity index (χ0v) is 23.0. The second kappa shape index (κ2) is 10.3. The molecule has 3 saturated heterocycles. The maximum absolute atomic E-state index is 14.3. The van der Waals surface area contributed by atoms with Gasteiger partial charge in [-0.05, 0) is 39.5 Å². The molecule has 35 heavy (non-hydrogen) atoms. The number of aliphatic hydroxyl groups excluding tert-OH is 1. The second-order valence-corrected chi connectivity index (χ2v) is 12.4. The number of carbonyl (C=O) groups excluding carboxylic acids is 3. The van der Waals surface area contributed by atoms with Crippen molar-refractivity contribution in [3.05, 3.63) is 25.3 Å². The smallest absolute Gasteiger partial charge is 0.312 e. The number of halogens is 1. The number of rotatable bonds is 10. The Morgan fingerprint density at radius 1 is 1.34 bits per heavy atom. The van der Waals surface area contributed by atoms with Crippen LogP contribution in [0.5, 0.6) is 0 Å². The maximum atomic E-state index is 14.3. The average molecular weight is 556 g/mol. The van der Waals surface area contributed by atoms with Crippen LogP contribution >= 0.6 is 15.9 Å². The molecule has 3 aliphatic rings. The number of nitrogens with zero attached hydrogens (tertiary/aromatic N) is 2. The summed E-state index contributed by atoms with van der Waals surface area (Å²) in [6.45, 7) is 17.2. The molecule has 3 rings (SSSR count). The fourth-order valence-electron chi connectivity index (χ4n) is 6.04. The van der Waals surface area contributed by atoms with Crippen LogP contribution in [0.4, 0.5) is 0 Å². The van der Waals surface area contributed by atoms with Gasteiger partial charge in [0.1, 0.15) is 18.2 Å². The van der Waals surface area contributed by atoms with Crippen molar-refractivity contribution in [3.8, 4) is 0 Å². The van der Waals surface area contributed by atoms with Crippen LogP contribution in [0.25, 0.3) is 0 Å². The Labute approximate surface area is 216 Å². The number of fused-ring (bicyclic) bond motifs is 1. The SMILES string of the molecule is C=CCOC(=O)[C@H]1[C@@H]2OC3(CC2Br)C(C(=O)N(CC=C)C(C)(C)C)N([C@@H](CO)CC(C)C)C(=O)[C@H]13. The third-order valence-corrected chi connectivity index (χ3v) is 8.16. The van der Waals surface area contributed by atoms with E-state index in [1.807, 2.05) is 34.6 Å². The molecule has 1 N–H and O–H groups in total. The average Bonchev–Trinajstić information content (AvgIpc) is 3.36. The fraction of sp³-hybridized carbons (Fsp3) is 0.731. The zero-order valence-electron chi connectivity index (χ0n) is 21.4. The Morgan fingerprint density at radius 3 is 2.51 bits per heavy atom. The van der Waals surface area contributed by atoms with E-state index in [0.717, 1.165) is 0 Å². The minimum atomic E-state index is -1.19. The molecule has 9 heteroatoms. The molecule has 0 radical (unpaired) electrons. The number of likely N-dealkylation sites (tertiary alicyclic amines) is 1. The molecular weight excluding hydrogens is 516 g/mol. The van der Waals surface area contributed by atoms with Gasteiger partial charge in [-0.25, -0.2) is 0 Å². The topological polar surface area (TPSA) is 96.4 Å². The van der Waals surface area contributed by atoms with Crippen LogP contribution in [0.3, 0.4) is 0 Å². The molecule has 3 aliphatic heterocycles. The lowest BCUT2D eigenvalue weighted by atomic mass is 9.70. The molecule has 3 unspecified atom stereocenters. The number of amides is 2. The molecule has 3 heterocycles. The lowest BCUT2D eigenvalue weighted by molar-refractivity contribution is -0.157. The van der Waals surface area contributed by atoms with Crippen molar-refractivity contribution in [2.45, 2.75) is 81.6 Å². The Morgan fingerprint density at radius 2 is 2.00 bits per heavy atom. The molecule has 0 saturated carbocycles. The zero-order chi connectivity index (χ0) is 26.3. The monoisotopic (exact) mass is 554 g/mol. The third-order valence-electron chi connectivity index (χ3n) is 7.31. The molecule has 0 aromatic heterocycles. The molecule has 1 spiro atoms. The van der Waals surface area contributed by atoms with Crippen LogP contribution in [-0.4, -0.2) is 86.6 Å². The second-order valence-electron chi connectivity index (χ2n) is 11.2. The fourth-order valence-corrected chi connectivity index (χ4v) is 6.98. The van der Waals surface area contributed by atoms with Crippen LogP contribution in [0.1, 0.15) is 47.5 Å². The standard InChI is InChI=1S/C26H39BrN2O6/c1-8-10-28(25(5,6)7)23(32)21-26-13-17(27)20(35-26)18(24(33)34-11-9-2)19(26)22(31)29(21)16(14-30)12-15(3)4/h8-9,15-21,30H,1-2,10-14H2,3-7H3/t16-,17?,18-,19+,20-,21?,26?/m1/s1.